The van der Waals surface area contributed by atoms with Crippen LogP contribution in [0.1, 0.15) is 41.4 Å². The summed E-state index contributed by atoms with van der Waals surface area (Å²) in [5.74, 6) is 2.81. The summed E-state index contributed by atoms with van der Waals surface area (Å²) in [6.07, 6.45) is 3.19. The second-order valence-electron chi connectivity index (χ2n) is 7.40. The lowest BCUT2D eigenvalue weighted by atomic mass is 10.1. The minimum Gasteiger partial charge on any atom is -0.496 e. The molecule has 1 amide bonds. The number of rotatable bonds is 5. The number of benzene rings is 1. The van der Waals surface area contributed by atoms with Gasteiger partial charge in [-0.05, 0) is 43.5 Å². The minimum absolute atomic E-state index is 0.0683. The molecule has 1 saturated heterocycles. The predicted molar refractivity (Wildman–Crippen MR) is 104 cm³/mol. The third kappa shape index (κ3) is 3.04. The topological polar surface area (TPSA) is 84.6 Å². The van der Waals surface area contributed by atoms with Gasteiger partial charge < -0.3 is 15.0 Å². The van der Waals surface area contributed by atoms with E-state index >= 15 is 0 Å². The van der Waals surface area contributed by atoms with Crippen molar-refractivity contribution in [3.8, 4) is 5.75 Å². The van der Waals surface area contributed by atoms with Gasteiger partial charge >= 0.3 is 0 Å². The third-order valence-electron chi connectivity index (χ3n) is 5.41. The molecule has 28 heavy (non-hydrogen) atoms. The van der Waals surface area contributed by atoms with Crippen LogP contribution in [-0.4, -0.2) is 52.0 Å². The smallest absolute Gasteiger partial charge is 0.255 e. The Morgan fingerprint density at radius 1 is 1.14 bits per heavy atom. The second kappa shape index (κ2) is 6.78. The predicted octanol–water partition coefficient (Wildman–Crippen LogP) is 2.02. The number of nitrogens with one attached hydrogen (secondary N) is 1. The molecule has 8 nitrogen and oxygen atoms in total. The van der Waals surface area contributed by atoms with E-state index in [1.807, 2.05) is 28.8 Å². The summed E-state index contributed by atoms with van der Waals surface area (Å²) >= 11 is 0. The Hall–Kier alpha value is -3.16. The summed E-state index contributed by atoms with van der Waals surface area (Å²) in [5.41, 5.74) is 1.34. The van der Waals surface area contributed by atoms with Crippen molar-refractivity contribution in [1.29, 1.82) is 0 Å². The molecule has 8 heteroatoms. The number of nitrogens with zero attached hydrogens (tertiary/aromatic N) is 5. The average molecular weight is 378 g/mol. The molecular formula is C20H22N6O2. The van der Waals surface area contributed by atoms with Crippen molar-refractivity contribution in [2.24, 2.45) is 0 Å². The Bertz CT molecular complexity index is 1030. The average Bonchev–Trinajstić information content (AvgIpc) is 3.31. The van der Waals surface area contributed by atoms with E-state index in [1.54, 1.807) is 19.2 Å². The molecule has 2 fully saturated rings. The number of ether oxygens (including phenoxy) is 1. The number of anilines is 1. The number of hydrogen-bond acceptors (Lipinski definition) is 6. The Kier molecular flexibility index (Phi) is 4.11. The molecule has 2 aromatic heterocycles. The molecule has 1 atom stereocenters. The van der Waals surface area contributed by atoms with Gasteiger partial charge in [0, 0.05) is 25.0 Å². The van der Waals surface area contributed by atoms with E-state index in [2.05, 4.69) is 20.4 Å². The summed E-state index contributed by atoms with van der Waals surface area (Å²) < 4.78 is 7.16. The lowest BCUT2D eigenvalue weighted by Gasteiger charge is -2.18. The molecular weight excluding hydrogens is 356 g/mol. The van der Waals surface area contributed by atoms with E-state index in [0.29, 0.717) is 17.2 Å². The van der Waals surface area contributed by atoms with Crippen LogP contribution in [0, 0.1) is 0 Å². The van der Waals surface area contributed by atoms with Crippen LogP contribution < -0.4 is 15.0 Å². The Morgan fingerprint density at radius 3 is 2.82 bits per heavy atom. The number of hydrogen-bond donors (Lipinski definition) is 1. The van der Waals surface area contributed by atoms with Gasteiger partial charge in [-0.1, -0.05) is 12.1 Å². The standard InChI is InChI=1S/C20H22N6O2/c1-28-16-5-3-2-4-15(16)20(27)21-14-10-11-25(12-14)18-9-8-17-22-23-19(13-6-7-13)26(17)24-18/h2-5,8-9,13-14H,6-7,10-12H2,1H3,(H,21,27). The van der Waals surface area contributed by atoms with Gasteiger partial charge in [-0.2, -0.15) is 4.52 Å². The molecule has 1 aromatic carbocycles. The second-order valence-corrected chi connectivity index (χ2v) is 7.40. The van der Waals surface area contributed by atoms with Gasteiger partial charge in [-0.15, -0.1) is 15.3 Å². The fourth-order valence-electron chi connectivity index (χ4n) is 3.74. The molecule has 3 heterocycles. The van der Waals surface area contributed by atoms with Crippen LogP contribution in [0.2, 0.25) is 0 Å². The SMILES string of the molecule is COc1ccccc1C(=O)NC1CCN(c2ccc3nnc(C4CC4)n3n2)C1. The van der Waals surface area contributed by atoms with Crippen LogP contribution in [0.3, 0.4) is 0 Å². The first-order valence-electron chi connectivity index (χ1n) is 9.64. The van der Waals surface area contributed by atoms with Crippen LogP contribution in [0.15, 0.2) is 36.4 Å². The molecule has 1 N–H and O–H groups in total. The third-order valence-corrected chi connectivity index (χ3v) is 5.41. The Labute approximate surface area is 162 Å². The quantitative estimate of drug-likeness (QED) is 0.731. The summed E-state index contributed by atoms with van der Waals surface area (Å²) in [6.45, 7) is 1.57. The number of amides is 1. The van der Waals surface area contributed by atoms with Crippen molar-refractivity contribution < 1.29 is 9.53 Å². The highest BCUT2D eigenvalue weighted by molar-refractivity contribution is 5.97. The number of para-hydroxylation sites is 1. The van der Waals surface area contributed by atoms with Crippen LogP contribution in [0.25, 0.3) is 5.65 Å². The van der Waals surface area contributed by atoms with E-state index in [1.165, 1.54) is 0 Å². The summed E-state index contributed by atoms with van der Waals surface area (Å²) in [6, 6.07) is 11.3. The van der Waals surface area contributed by atoms with Crippen molar-refractivity contribution in [2.75, 3.05) is 25.1 Å². The highest BCUT2D eigenvalue weighted by Crippen LogP contribution is 2.38. The zero-order valence-corrected chi connectivity index (χ0v) is 15.7. The van der Waals surface area contributed by atoms with E-state index < -0.39 is 0 Å². The fraction of sp³-hybridized carbons (Fsp3) is 0.400. The van der Waals surface area contributed by atoms with Gasteiger partial charge in [-0.25, -0.2) is 0 Å². The molecule has 0 spiro atoms. The zero-order chi connectivity index (χ0) is 19.1. The molecule has 1 unspecified atom stereocenters. The van der Waals surface area contributed by atoms with Gasteiger partial charge in [0.15, 0.2) is 11.5 Å². The van der Waals surface area contributed by atoms with E-state index in [-0.39, 0.29) is 11.9 Å². The molecule has 0 radical (unpaired) electrons. The largest absolute Gasteiger partial charge is 0.496 e. The monoisotopic (exact) mass is 378 g/mol. The highest BCUT2D eigenvalue weighted by atomic mass is 16.5. The summed E-state index contributed by atoms with van der Waals surface area (Å²) in [4.78, 5) is 14.8. The van der Waals surface area contributed by atoms with Crippen LogP contribution in [-0.2, 0) is 0 Å². The van der Waals surface area contributed by atoms with Crippen LogP contribution in [0.5, 0.6) is 5.75 Å². The summed E-state index contributed by atoms with van der Waals surface area (Å²) in [7, 11) is 1.58. The number of fused-ring (bicyclic) bond motifs is 1. The van der Waals surface area contributed by atoms with Crippen molar-refractivity contribution in [3.05, 3.63) is 47.8 Å². The van der Waals surface area contributed by atoms with E-state index in [9.17, 15) is 4.79 Å². The maximum Gasteiger partial charge on any atom is 0.255 e. The van der Waals surface area contributed by atoms with Gasteiger partial charge in [0.1, 0.15) is 11.6 Å². The van der Waals surface area contributed by atoms with Gasteiger partial charge in [0.05, 0.1) is 12.7 Å². The van der Waals surface area contributed by atoms with Crippen molar-refractivity contribution in [2.45, 2.75) is 31.2 Å². The summed E-state index contributed by atoms with van der Waals surface area (Å²) in [5, 5.41) is 16.4. The van der Waals surface area contributed by atoms with E-state index in [4.69, 9.17) is 9.84 Å². The van der Waals surface area contributed by atoms with Crippen molar-refractivity contribution in [3.63, 3.8) is 0 Å². The molecule has 3 aromatic rings. The lowest BCUT2D eigenvalue weighted by molar-refractivity contribution is 0.0937. The Morgan fingerprint density at radius 2 is 2.00 bits per heavy atom. The number of carbonyl (C=O) groups is 1. The fourth-order valence-corrected chi connectivity index (χ4v) is 3.74. The van der Waals surface area contributed by atoms with E-state index in [0.717, 1.165) is 49.6 Å². The van der Waals surface area contributed by atoms with Crippen LogP contribution >= 0.6 is 0 Å². The molecule has 144 valence electrons. The maximum absolute atomic E-state index is 12.6. The lowest BCUT2D eigenvalue weighted by Crippen LogP contribution is -2.37. The maximum atomic E-state index is 12.6. The Balaban J connectivity index is 1.30. The number of carbonyl (C=O) groups excluding carboxylic acids is 1. The van der Waals surface area contributed by atoms with Gasteiger partial charge in [0.25, 0.3) is 5.91 Å². The molecule has 1 aliphatic carbocycles. The molecule has 5 rings (SSSR count). The molecule has 1 saturated carbocycles. The first-order valence-corrected chi connectivity index (χ1v) is 9.64. The zero-order valence-electron chi connectivity index (χ0n) is 15.7. The molecule has 2 aliphatic rings. The first-order chi connectivity index (χ1) is 13.7. The van der Waals surface area contributed by atoms with Crippen molar-refractivity contribution >= 4 is 17.4 Å². The first kappa shape index (κ1) is 17.0. The van der Waals surface area contributed by atoms with Gasteiger partial charge in [0.2, 0.25) is 0 Å². The van der Waals surface area contributed by atoms with Crippen molar-refractivity contribution in [1.82, 2.24) is 25.1 Å². The van der Waals surface area contributed by atoms with Crippen LogP contribution in [0.4, 0.5) is 5.82 Å². The number of aromatic nitrogens is 4. The minimum atomic E-state index is -0.109. The number of methoxy groups -OCH3 is 1. The normalized spacial score (nSPS) is 19.2. The molecule has 1 aliphatic heterocycles. The highest BCUT2D eigenvalue weighted by Gasteiger charge is 2.30. The van der Waals surface area contributed by atoms with Gasteiger partial charge in [-0.3, -0.25) is 4.79 Å². The molecule has 0 bridgehead atoms.